The number of benzene rings is 2. The van der Waals surface area contributed by atoms with E-state index in [1.54, 1.807) is 29.2 Å². The number of thioether (sulfide) groups is 1. The van der Waals surface area contributed by atoms with Crippen LogP contribution in [0.1, 0.15) is 16.3 Å². The fraction of sp³-hybridized carbons (Fsp3) is 0.217. The monoisotopic (exact) mass is 437 g/mol. The second kappa shape index (κ2) is 8.47. The average Bonchev–Trinajstić information content (AvgIpc) is 3.44. The molecule has 0 atom stereocenters. The molecule has 31 heavy (non-hydrogen) atoms. The first-order chi connectivity index (χ1) is 15.2. The molecule has 1 aliphatic heterocycles. The smallest absolute Gasteiger partial charge is 0.289 e. The second-order valence-electron chi connectivity index (χ2n) is 7.23. The molecule has 158 valence electrons. The van der Waals surface area contributed by atoms with E-state index in [9.17, 15) is 9.18 Å². The molecule has 0 saturated carbocycles. The van der Waals surface area contributed by atoms with Crippen LogP contribution in [0, 0.1) is 5.82 Å². The van der Waals surface area contributed by atoms with Crippen molar-refractivity contribution in [2.75, 3.05) is 31.1 Å². The molecular formula is C23H20FN3O3S. The van der Waals surface area contributed by atoms with E-state index in [2.05, 4.69) is 4.98 Å². The SMILES string of the molecule is O=C(c1ccc(CSc2nc3ccccc3o2)o1)N1CCN(c2ccccc2F)CC1. The maximum absolute atomic E-state index is 14.0. The number of halogens is 1. The minimum atomic E-state index is -0.241. The predicted molar refractivity (Wildman–Crippen MR) is 117 cm³/mol. The lowest BCUT2D eigenvalue weighted by atomic mass is 10.2. The highest BCUT2D eigenvalue weighted by Gasteiger charge is 2.25. The molecule has 1 saturated heterocycles. The number of piperazine rings is 1. The number of fused-ring (bicyclic) bond motifs is 1. The highest BCUT2D eigenvalue weighted by atomic mass is 32.2. The van der Waals surface area contributed by atoms with Gasteiger partial charge in [0.05, 0.1) is 11.4 Å². The van der Waals surface area contributed by atoms with Crippen LogP contribution in [0.2, 0.25) is 0 Å². The van der Waals surface area contributed by atoms with Crippen molar-refractivity contribution in [2.24, 2.45) is 0 Å². The van der Waals surface area contributed by atoms with Crippen LogP contribution >= 0.6 is 11.8 Å². The van der Waals surface area contributed by atoms with Crippen LogP contribution in [-0.2, 0) is 5.75 Å². The Bertz CT molecular complexity index is 1180. The van der Waals surface area contributed by atoms with Gasteiger partial charge in [0.15, 0.2) is 11.3 Å². The first-order valence-corrected chi connectivity index (χ1v) is 11.0. The highest BCUT2D eigenvalue weighted by Crippen LogP contribution is 2.27. The van der Waals surface area contributed by atoms with Crippen molar-refractivity contribution in [1.29, 1.82) is 0 Å². The summed E-state index contributed by atoms with van der Waals surface area (Å²) in [5.74, 6) is 1.12. The van der Waals surface area contributed by atoms with Crippen LogP contribution < -0.4 is 4.90 Å². The number of para-hydroxylation sites is 3. The van der Waals surface area contributed by atoms with Gasteiger partial charge in [0.25, 0.3) is 11.1 Å². The Morgan fingerprint density at radius 1 is 0.968 bits per heavy atom. The third kappa shape index (κ3) is 4.16. The summed E-state index contributed by atoms with van der Waals surface area (Å²) in [5, 5.41) is 0.565. The number of amides is 1. The van der Waals surface area contributed by atoms with Crippen molar-refractivity contribution >= 4 is 34.5 Å². The van der Waals surface area contributed by atoms with Gasteiger partial charge < -0.3 is 18.6 Å². The van der Waals surface area contributed by atoms with Crippen molar-refractivity contribution in [3.63, 3.8) is 0 Å². The van der Waals surface area contributed by atoms with E-state index in [1.165, 1.54) is 17.8 Å². The zero-order valence-electron chi connectivity index (χ0n) is 16.7. The molecule has 0 unspecified atom stereocenters. The Morgan fingerprint density at radius 2 is 1.74 bits per heavy atom. The molecule has 6 nitrogen and oxygen atoms in total. The third-order valence-corrected chi connectivity index (χ3v) is 6.10. The minimum absolute atomic E-state index is 0.147. The summed E-state index contributed by atoms with van der Waals surface area (Å²) in [4.78, 5) is 21.0. The summed E-state index contributed by atoms with van der Waals surface area (Å²) in [7, 11) is 0. The lowest BCUT2D eigenvalue weighted by Crippen LogP contribution is -2.49. The average molecular weight is 437 g/mol. The molecule has 5 rings (SSSR count). The number of oxazole rings is 1. The van der Waals surface area contributed by atoms with Crippen molar-refractivity contribution in [3.05, 3.63) is 78.0 Å². The number of furan rings is 1. The normalized spacial score (nSPS) is 14.4. The molecule has 2 aromatic heterocycles. The Hall–Kier alpha value is -3.26. The quantitative estimate of drug-likeness (QED) is 0.418. The molecule has 0 radical (unpaired) electrons. The Morgan fingerprint density at radius 3 is 2.55 bits per heavy atom. The van der Waals surface area contributed by atoms with Crippen molar-refractivity contribution in [1.82, 2.24) is 9.88 Å². The standard InChI is InChI=1S/C23H20FN3O3S/c24-17-5-1-3-7-19(17)26-11-13-27(14-12-26)22(28)21-10-9-16(29-21)15-31-23-25-18-6-2-4-8-20(18)30-23/h1-10H,11-15H2. The molecule has 0 spiro atoms. The molecule has 1 amide bonds. The van der Waals surface area contributed by atoms with Gasteiger partial charge in [0.1, 0.15) is 17.1 Å². The lowest BCUT2D eigenvalue weighted by Gasteiger charge is -2.35. The molecule has 1 aliphatic rings. The van der Waals surface area contributed by atoms with Gasteiger partial charge in [-0.15, -0.1) is 0 Å². The van der Waals surface area contributed by atoms with Gasteiger partial charge in [0.2, 0.25) is 0 Å². The molecule has 1 fully saturated rings. The number of carbonyl (C=O) groups is 1. The van der Waals surface area contributed by atoms with Crippen LogP contribution in [0.4, 0.5) is 10.1 Å². The topological polar surface area (TPSA) is 62.7 Å². The van der Waals surface area contributed by atoms with E-state index in [1.807, 2.05) is 35.2 Å². The molecule has 8 heteroatoms. The lowest BCUT2D eigenvalue weighted by molar-refractivity contribution is 0.0713. The van der Waals surface area contributed by atoms with E-state index >= 15 is 0 Å². The summed E-state index contributed by atoms with van der Waals surface area (Å²) in [6.45, 7) is 2.18. The summed E-state index contributed by atoms with van der Waals surface area (Å²) in [6, 6.07) is 17.8. The molecule has 0 N–H and O–H groups in total. The minimum Gasteiger partial charge on any atom is -0.455 e. The van der Waals surface area contributed by atoms with Crippen LogP contribution in [0.5, 0.6) is 0 Å². The van der Waals surface area contributed by atoms with E-state index in [-0.39, 0.29) is 11.7 Å². The van der Waals surface area contributed by atoms with E-state index in [4.69, 9.17) is 8.83 Å². The Kier molecular flexibility index (Phi) is 5.38. The van der Waals surface area contributed by atoms with E-state index in [0.29, 0.717) is 54.4 Å². The maximum atomic E-state index is 14.0. The van der Waals surface area contributed by atoms with Crippen LogP contribution in [-0.4, -0.2) is 42.0 Å². The van der Waals surface area contributed by atoms with Gasteiger partial charge in [-0.3, -0.25) is 4.79 Å². The predicted octanol–water partition coefficient (Wildman–Crippen LogP) is 4.81. The zero-order chi connectivity index (χ0) is 21.2. The van der Waals surface area contributed by atoms with Crippen molar-refractivity contribution < 1.29 is 18.0 Å². The molecule has 0 aliphatic carbocycles. The van der Waals surface area contributed by atoms with Crippen LogP contribution in [0.25, 0.3) is 11.1 Å². The fourth-order valence-corrected chi connectivity index (χ4v) is 4.36. The molecule has 2 aromatic carbocycles. The number of anilines is 1. The van der Waals surface area contributed by atoms with Crippen molar-refractivity contribution in [3.8, 4) is 0 Å². The van der Waals surface area contributed by atoms with Crippen LogP contribution in [0.3, 0.4) is 0 Å². The van der Waals surface area contributed by atoms with E-state index in [0.717, 1.165) is 11.1 Å². The third-order valence-electron chi connectivity index (χ3n) is 5.24. The number of carbonyl (C=O) groups excluding carboxylic acids is 1. The second-order valence-corrected chi connectivity index (χ2v) is 8.16. The number of rotatable bonds is 5. The van der Waals surface area contributed by atoms with Gasteiger partial charge >= 0.3 is 0 Å². The fourth-order valence-electron chi connectivity index (χ4n) is 3.63. The van der Waals surface area contributed by atoms with Gasteiger partial charge in [0, 0.05) is 26.2 Å². The summed E-state index contributed by atoms with van der Waals surface area (Å²) >= 11 is 1.42. The van der Waals surface area contributed by atoms with Gasteiger partial charge in [-0.25, -0.2) is 9.37 Å². The molecule has 0 bridgehead atoms. The maximum Gasteiger partial charge on any atom is 0.289 e. The Labute approximate surface area is 182 Å². The van der Waals surface area contributed by atoms with Gasteiger partial charge in [-0.1, -0.05) is 36.0 Å². The largest absolute Gasteiger partial charge is 0.455 e. The molecule has 3 heterocycles. The number of hydrogen-bond acceptors (Lipinski definition) is 6. The Balaban J connectivity index is 1.18. The van der Waals surface area contributed by atoms with Crippen LogP contribution in [0.15, 0.2) is 74.7 Å². The summed E-state index contributed by atoms with van der Waals surface area (Å²) in [6.07, 6.45) is 0. The first kappa shape index (κ1) is 19.7. The summed E-state index contributed by atoms with van der Waals surface area (Å²) < 4.78 is 25.5. The van der Waals surface area contributed by atoms with Gasteiger partial charge in [-0.2, -0.15) is 0 Å². The van der Waals surface area contributed by atoms with Crippen molar-refractivity contribution in [2.45, 2.75) is 11.0 Å². The molecule has 4 aromatic rings. The highest BCUT2D eigenvalue weighted by molar-refractivity contribution is 7.98. The number of nitrogens with zero attached hydrogens (tertiary/aromatic N) is 3. The van der Waals surface area contributed by atoms with E-state index < -0.39 is 0 Å². The number of hydrogen-bond donors (Lipinski definition) is 0. The first-order valence-electron chi connectivity index (χ1n) is 10.0. The number of aromatic nitrogens is 1. The van der Waals surface area contributed by atoms with Gasteiger partial charge in [-0.05, 0) is 36.4 Å². The molecular weight excluding hydrogens is 417 g/mol. The zero-order valence-corrected chi connectivity index (χ0v) is 17.5. The summed E-state index contributed by atoms with van der Waals surface area (Å²) in [5.41, 5.74) is 2.13.